The van der Waals surface area contributed by atoms with Crippen molar-refractivity contribution < 1.29 is 9.53 Å². The molecule has 0 unspecified atom stereocenters. The monoisotopic (exact) mass is 460 g/mol. The third kappa shape index (κ3) is 6.56. The fourth-order valence-electron chi connectivity index (χ4n) is 3.43. The van der Waals surface area contributed by atoms with Crippen molar-refractivity contribution in [2.24, 2.45) is 0 Å². The molecule has 0 atom stereocenters. The Bertz CT molecular complexity index is 916. The smallest absolute Gasteiger partial charge is 0.257 e. The minimum absolute atomic E-state index is 0.213. The molecule has 1 aliphatic rings. The summed E-state index contributed by atoms with van der Waals surface area (Å²) >= 11 is 11.8. The van der Waals surface area contributed by atoms with Crippen LogP contribution in [0.5, 0.6) is 5.75 Å². The number of ether oxygens (including phenoxy) is 1. The van der Waals surface area contributed by atoms with E-state index in [9.17, 15) is 4.79 Å². The highest BCUT2D eigenvalue weighted by Crippen LogP contribution is 2.29. The lowest BCUT2D eigenvalue weighted by Gasteiger charge is -2.36. The molecular formula is C23H29ClN4O2S. The molecule has 3 rings (SSSR count). The molecule has 1 fully saturated rings. The third-order valence-corrected chi connectivity index (χ3v) is 5.67. The van der Waals surface area contributed by atoms with E-state index in [0.29, 0.717) is 22.9 Å². The number of amides is 1. The predicted octanol–water partition coefficient (Wildman–Crippen LogP) is 4.40. The molecule has 0 spiro atoms. The SMILES string of the molecule is CCCOc1cccc(C(=O)NC(=S)Nc2ccc(N3CCN(CC)CC3)c(Cl)c2)c1. The van der Waals surface area contributed by atoms with E-state index in [-0.39, 0.29) is 11.0 Å². The van der Waals surface area contributed by atoms with Crippen molar-refractivity contribution in [2.45, 2.75) is 20.3 Å². The molecule has 31 heavy (non-hydrogen) atoms. The van der Waals surface area contributed by atoms with Crippen LogP contribution in [0.4, 0.5) is 11.4 Å². The number of hydrogen-bond donors (Lipinski definition) is 2. The molecule has 1 saturated heterocycles. The summed E-state index contributed by atoms with van der Waals surface area (Å²) in [5, 5.41) is 6.61. The van der Waals surface area contributed by atoms with E-state index in [1.165, 1.54) is 0 Å². The first-order valence-corrected chi connectivity index (χ1v) is 11.4. The highest BCUT2D eigenvalue weighted by atomic mass is 35.5. The molecule has 0 aliphatic carbocycles. The fraction of sp³-hybridized carbons (Fsp3) is 0.391. The van der Waals surface area contributed by atoms with Gasteiger partial charge in [0, 0.05) is 37.4 Å². The van der Waals surface area contributed by atoms with Crippen molar-refractivity contribution in [2.75, 3.05) is 49.5 Å². The van der Waals surface area contributed by atoms with Gasteiger partial charge in [-0.05, 0) is 61.6 Å². The molecule has 2 aromatic rings. The normalized spacial score (nSPS) is 14.2. The van der Waals surface area contributed by atoms with Crippen LogP contribution in [0, 0.1) is 0 Å². The van der Waals surface area contributed by atoms with Gasteiger partial charge in [0.1, 0.15) is 5.75 Å². The Balaban J connectivity index is 1.57. The number of piperazine rings is 1. The van der Waals surface area contributed by atoms with Crippen molar-refractivity contribution in [1.82, 2.24) is 10.2 Å². The van der Waals surface area contributed by atoms with Gasteiger partial charge in [-0.3, -0.25) is 10.1 Å². The average molecular weight is 461 g/mol. The van der Waals surface area contributed by atoms with Gasteiger partial charge in [-0.15, -0.1) is 0 Å². The molecule has 0 saturated carbocycles. The number of benzene rings is 2. The molecule has 0 aromatic heterocycles. The second-order valence-corrected chi connectivity index (χ2v) is 8.19. The van der Waals surface area contributed by atoms with Gasteiger partial charge in [0.25, 0.3) is 5.91 Å². The number of nitrogens with zero attached hydrogens (tertiary/aromatic N) is 2. The van der Waals surface area contributed by atoms with Crippen LogP contribution < -0.4 is 20.3 Å². The van der Waals surface area contributed by atoms with Gasteiger partial charge in [0.15, 0.2) is 5.11 Å². The first kappa shape index (κ1) is 23.3. The van der Waals surface area contributed by atoms with E-state index in [1.807, 2.05) is 31.2 Å². The number of nitrogens with one attached hydrogen (secondary N) is 2. The van der Waals surface area contributed by atoms with Crippen LogP contribution >= 0.6 is 23.8 Å². The van der Waals surface area contributed by atoms with E-state index in [0.717, 1.165) is 50.5 Å². The molecule has 1 heterocycles. The molecule has 0 bridgehead atoms. The number of carbonyl (C=O) groups is 1. The molecular weight excluding hydrogens is 432 g/mol. The van der Waals surface area contributed by atoms with Crippen molar-refractivity contribution in [1.29, 1.82) is 0 Å². The van der Waals surface area contributed by atoms with Crippen LogP contribution in [0.25, 0.3) is 0 Å². The maximum atomic E-state index is 12.5. The molecule has 6 nitrogen and oxygen atoms in total. The summed E-state index contributed by atoms with van der Waals surface area (Å²) in [6.45, 7) is 9.88. The minimum Gasteiger partial charge on any atom is -0.494 e. The summed E-state index contributed by atoms with van der Waals surface area (Å²) in [7, 11) is 0. The average Bonchev–Trinajstić information content (AvgIpc) is 2.78. The molecule has 1 amide bonds. The zero-order chi connectivity index (χ0) is 22.2. The second-order valence-electron chi connectivity index (χ2n) is 7.37. The Hall–Kier alpha value is -2.35. The van der Waals surface area contributed by atoms with E-state index in [4.69, 9.17) is 28.6 Å². The van der Waals surface area contributed by atoms with Crippen molar-refractivity contribution in [3.63, 3.8) is 0 Å². The van der Waals surface area contributed by atoms with Crippen LogP contribution in [-0.2, 0) is 0 Å². The number of thiocarbonyl (C=S) groups is 1. The van der Waals surface area contributed by atoms with Crippen molar-refractivity contribution >= 4 is 46.2 Å². The Morgan fingerprint density at radius 3 is 2.58 bits per heavy atom. The first-order valence-electron chi connectivity index (χ1n) is 10.6. The summed E-state index contributed by atoms with van der Waals surface area (Å²) in [4.78, 5) is 17.2. The quantitative estimate of drug-likeness (QED) is 0.597. The largest absolute Gasteiger partial charge is 0.494 e. The minimum atomic E-state index is -0.295. The lowest BCUT2D eigenvalue weighted by atomic mass is 10.2. The number of likely N-dealkylation sites (N-methyl/N-ethyl adjacent to an activating group) is 1. The fourth-order valence-corrected chi connectivity index (χ4v) is 3.94. The maximum absolute atomic E-state index is 12.5. The van der Waals surface area contributed by atoms with Gasteiger partial charge in [-0.2, -0.15) is 0 Å². The van der Waals surface area contributed by atoms with Gasteiger partial charge in [-0.1, -0.05) is 31.5 Å². The number of hydrogen-bond acceptors (Lipinski definition) is 5. The third-order valence-electron chi connectivity index (χ3n) is 5.16. The molecule has 8 heteroatoms. The zero-order valence-corrected chi connectivity index (χ0v) is 19.6. The lowest BCUT2D eigenvalue weighted by Crippen LogP contribution is -2.46. The number of halogens is 1. The van der Waals surface area contributed by atoms with Crippen molar-refractivity contribution in [3.8, 4) is 5.75 Å². The highest BCUT2D eigenvalue weighted by Gasteiger charge is 2.18. The summed E-state index contributed by atoms with van der Waals surface area (Å²) in [5.74, 6) is 0.367. The van der Waals surface area contributed by atoms with Gasteiger partial charge in [0.05, 0.1) is 17.3 Å². The Labute approximate surface area is 194 Å². The molecule has 1 aliphatic heterocycles. The Morgan fingerprint density at radius 1 is 1.13 bits per heavy atom. The molecule has 0 radical (unpaired) electrons. The predicted molar refractivity (Wildman–Crippen MR) is 132 cm³/mol. The van der Waals surface area contributed by atoms with Crippen LogP contribution in [0.15, 0.2) is 42.5 Å². The summed E-state index contributed by atoms with van der Waals surface area (Å²) in [6, 6.07) is 12.8. The summed E-state index contributed by atoms with van der Waals surface area (Å²) in [6.07, 6.45) is 0.903. The number of anilines is 2. The maximum Gasteiger partial charge on any atom is 0.257 e. The van der Waals surface area contributed by atoms with E-state index in [2.05, 4.69) is 27.4 Å². The van der Waals surface area contributed by atoms with Gasteiger partial charge >= 0.3 is 0 Å². The van der Waals surface area contributed by atoms with E-state index in [1.54, 1.807) is 18.2 Å². The topological polar surface area (TPSA) is 56.8 Å². The van der Waals surface area contributed by atoms with E-state index < -0.39 is 0 Å². The Kier molecular flexibility index (Phi) is 8.51. The standard InChI is InChI=1S/C23H29ClN4O2S/c1-3-14-30-19-7-5-6-17(15-19)22(29)26-23(31)25-18-8-9-21(20(24)16-18)28-12-10-27(4-2)11-13-28/h5-9,15-16H,3-4,10-14H2,1-2H3,(H2,25,26,29,31). The summed E-state index contributed by atoms with van der Waals surface area (Å²) in [5.41, 5.74) is 2.23. The Morgan fingerprint density at radius 2 is 1.90 bits per heavy atom. The molecule has 166 valence electrons. The van der Waals surface area contributed by atoms with Crippen LogP contribution in [0.2, 0.25) is 5.02 Å². The number of carbonyl (C=O) groups excluding carboxylic acids is 1. The van der Waals surface area contributed by atoms with Crippen LogP contribution in [0.3, 0.4) is 0 Å². The summed E-state index contributed by atoms with van der Waals surface area (Å²) < 4.78 is 5.58. The van der Waals surface area contributed by atoms with Gasteiger partial charge < -0.3 is 19.9 Å². The number of rotatable bonds is 7. The van der Waals surface area contributed by atoms with Gasteiger partial charge in [0.2, 0.25) is 0 Å². The lowest BCUT2D eigenvalue weighted by molar-refractivity contribution is 0.0977. The molecule has 2 aromatic carbocycles. The zero-order valence-electron chi connectivity index (χ0n) is 18.0. The van der Waals surface area contributed by atoms with Crippen LogP contribution in [-0.4, -0.2) is 55.3 Å². The molecule has 2 N–H and O–H groups in total. The van der Waals surface area contributed by atoms with E-state index >= 15 is 0 Å². The van der Waals surface area contributed by atoms with Crippen LogP contribution in [0.1, 0.15) is 30.6 Å². The van der Waals surface area contributed by atoms with Gasteiger partial charge in [-0.25, -0.2) is 0 Å². The first-order chi connectivity index (χ1) is 15.0. The highest BCUT2D eigenvalue weighted by molar-refractivity contribution is 7.80. The van der Waals surface area contributed by atoms with Crippen molar-refractivity contribution in [3.05, 3.63) is 53.1 Å². The second kappa shape index (κ2) is 11.3.